The maximum absolute atomic E-state index is 11.6. The summed E-state index contributed by atoms with van der Waals surface area (Å²) < 4.78 is 25.9. The van der Waals surface area contributed by atoms with Gasteiger partial charge in [-0.15, -0.1) is 0 Å². The van der Waals surface area contributed by atoms with E-state index in [0.717, 1.165) is 25.8 Å². The van der Waals surface area contributed by atoms with E-state index in [0.29, 0.717) is 6.54 Å². The van der Waals surface area contributed by atoms with Crippen LogP contribution in [-0.2, 0) is 22.9 Å². The lowest BCUT2D eigenvalue weighted by Crippen LogP contribution is -2.32. The van der Waals surface area contributed by atoms with E-state index < -0.39 is 10.0 Å². The van der Waals surface area contributed by atoms with Crippen LogP contribution in [0.5, 0.6) is 0 Å². The summed E-state index contributed by atoms with van der Waals surface area (Å²) >= 11 is 0. The summed E-state index contributed by atoms with van der Waals surface area (Å²) in [4.78, 5) is 0. The van der Waals surface area contributed by atoms with E-state index in [-0.39, 0.29) is 5.25 Å². The molecule has 0 saturated heterocycles. The second-order valence-corrected chi connectivity index (χ2v) is 7.58. The summed E-state index contributed by atoms with van der Waals surface area (Å²) in [6.45, 7) is 4.88. The number of nitrogens with one attached hydrogen (secondary N) is 2. The molecule has 0 aromatic heterocycles. The zero-order chi connectivity index (χ0) is 13.9. The summed E-state index contributed by atoms with van der Waals surface area (Å²) in [6, 6.07) is 6.35. The van der Waals surface area contributed by atoms with Gasteiger partial charge in [0.05, 0.1) is 5.25 Å². The topological polar surface area (TPSA) is 58.2 Å². The minimum Gasteiger partial charge on any atom is -0.385 e. The van der Waals surface area contributed by atoms with Crippen LogP contribution < -0.4 is 10.0 Å². The predicted molar refractivity (Wildman–Crippen MR) is 79.0 cm³/mol. The Bertz CT molecular complexity index is 538. The van der Waals surface area contributed by atoms with Crippen LogP contribution in [0.1, 0.15) is 31.4 Å². The highest BCUT2D eigenvalue weighted by Gasteiger charge is 2.14. The van der Waals surface area contributed by atoms with E-state index in [4.69, 9.17) is 0 Å². The van der Waals surface area contributed by atoms with Gasteiger partial charge in [-0.25, -0.2) is 13.1 Å². The zero-order valence-corrected chi connectivity index (χ0v) is 12.4. The molecule has 19 heavy (non-hydrogen) atoms. The lowest BCUT2D eigenvalue weighted by Gasteiger charge is -2.18. The molecule has 0 saturated carbocycles. The highest BCUT2D eigenvalue weighted by molar-refractivity contribution is 7.90. The van der Waals surface area contributed by atoms with Gasteiger partial charge in [-0.1, -0.05) is 12.1 Å². The van der Waals surface area contributed by atoms with Crippen molar-refractivity contribution in [1.29, 1.82) is 0 Å². The van der Waals surface area contributed by atoms with Gasteiger partial charge in [0.2, 0.25) is 10.0 Å². The third-order valence-corrected chi connectivity index (χ3v) is 5.29. The number of fused-ring (bicyclic) bond motifs is 1. The molecule has 2 N–H and O–H groups in total. The van der Waals surface area contributed by atoms with Crippen molar-refractivity contribution in [3.8, 4) is 0 Å². The molecule has 0 bridgehead atoms. The van der Waals surface area contributed by atoms with Crippen molar-refractivity contribution >= 4 is 15.7 Å². The fourth-order valence-corrected chi connectivity index (χ4v) is 2.91. The monoisotopic (exact) mass is 282 g/mol. The average molecular weight is 282 g/mol. The van der Waals surface area contributed by atoms with Gasteiger partial charge in [0, 0.05) is 18.8 Å². The first-order chi connectivity index (χ1) is 8.99. The third-order valence-electron chi connectivity index (χ3n) is 3.45. The van der Waals surface area contributed by atoms with Crippen molar-refractivity contribution in [3.05, 3.63) is 29.3 Å². The van der Waals surface area contributed by atoms with Gasteiger partial charge in [-0.2, -0.15) is 0 Å². The molecule has 0 atom stereocenters. The molecule has 2 rings (SSSR count). The molecule has 1 aliphatic rings. The molecular weight excluding hydrogens is 260 g/mol. The molecule has 106 valence electrons. The lowest BCUT2D eigenvalue weighted by molar-refractivity contribution is 0.572. The zero-order valence-electron chi connectivity index (χ0n) is 11.6. The molecule has 5 heteroatoms. The smallest absolute Gasteiger partial charge is 0.213 e. The van der Waals surface area contributed by atoms with E-state index in [1.165, 1.54) is 16.8 Å². The average Bonchev–Trinajstić information content (AvgIpc) is 2.38. The standard InChI is InChI=1S/C14H22N2O2S/c1-11(2)19(17,18)16-9-7-12-5-6-14-13(10-12)4-3-8-15-14/h5-6,10-11,15-16H,3-4,7-9H2,1-2H3. The normalized spacial score (nSPS) is 15.1. The first-order valence-electron chi connectivity index (χ1n) is 6.83. The van der Waals surface area contributed by atoms with Gasteiger partial charge in [0.15, 0.2) is 0 Å². The van der Waals surface area contributed by atoms with Crippen molar-refractivity contribution in [2.24, 2.45) is 0 Å². The van der Waals surface area contributed by atoms with Crippen LogP contribution in [0.25, 0.3) is 0 Å². The van der Waals surface area contributed by atoms with Crippen molar-refractivity contribution in [1.82, 2.24) is 4.72 Å². The van der Waals surface area contributed by atoms with E-state index in [1.807, 2.05) is 0 Å². The molecule has 0 fully saturated rings. The van der Waals surface area contributed by atoms with Crippen molar-refractivity contribution in [3.63, 3.8) is 0 Å². The number of rotatable bonds is 5. The fraction of sp³-hybridized carbons (Fsp3) is 0.571. The van der Waals surface area contributed by atoms with Crippen LogP contribution in [-0.4, -0.2) is 26.8 Å². The van der Waals surface area contributed by atoms with Crippen LogP contribution in [0.3, 0.4) is 0 Å². The maximum Gasteiger partial charge on any atom is 0.213 e. The largest absolute Gasteiger partial charge is 0.385 e. The molecule has 1 aromatic rings. The van der Waals surface area contributed by atoms with E-state index in [9.17, 15) is 8.42 Å². The van der Waals surface area contributed by atoms with Crippen LogP contribution in [0.4, 0.5) is 5.69 Å². The second-order valence-electron chi connectivity index (χ2n) is 5.26. The van der Waals surface area contributed by atoms with E-state index in [1.54, 1.807) is 13.8 Å². The lowest BCUT2D eigenvalue weighted by atomic mass is 10.00. The maximum atomic E-state index is 11.6. The molecule has 4 nitrogen and oxygen atoms in total. The summed E-state index contributed by atoms with van der Waals surface area (Å²) in [7, 11) is -3.15. The molecule has 0 radical (unpaired) electrons. The highest BCUT2D eigenvalue weighted by Crippen LogP contribution is 2.22. The van der Waals surface area contributed by atoms with Crippen molar-refractivity contribution < 1.29 is 8.42 Å². The van der Waals surface area contributed by atoms with Gasteiger partial charge in [0.1, 0.15) is 0 Å². The van der Waals surface area contributed by atoms with Crippen LogP contribution in [0.15, 0.2) is 18.2 Å². The van der Waals surface area contributed by atoms with E-state index in [2.05, 4.69) is 28.2 Å². The van der Waals surface area contributed by atoms with Gasteiger partial charge >= 0.3 is 0 Å². The summed E-state index contributed by atoms with van der Waals surface area (Å²) in [5.41, 5.74) is 3.75. The molecule has 0 amide bonds. The SMILES string of the molecule is CC(C)S(=O)(=O)NCCc1ccc2c(c1)CCCN2. The molecule has 0 unspecified atom stereocenters. The Morgan fingerprint density at radius 1 is 1.37 bits per heavy atom. The number of benzene rings is 1. The van der Waals surface area contributed by atoms with Crippen LogP contribution in [0, 0.1) is 0 Å². The summed E-state index contributed by atoms with van der Waals surface area (Å²) in [5.74, 6) is 0. The number of aryl methyl sites for hydroxylation is 1. The van der Waals surface area contributed by atoms with Crippen LogP contribution in [0.2, 0.25) is 0 Å². The minimum atomic E-state index is -3.15. The highest BCUT2D eigenvalue weighted by atomic mass is 32.2. The van der Waals surface area contributed by atoms with Crippen molar-refractivity contribution in [2.45, 2.75) is 38.4 Å². The minimum absolute atomic E-state index is 0.375. The molecular formula is C14H22N2O2S. The molecule has 1 heterocycles. The number of sulfonamides is 1. The first kappa shape index (κ1) is 14.3. The quantitative estimate of drug-likeness (QED) is 0.867. The summed E-state index contributed by atoms with van der Waals surface area (Å²) in [6.07, 6.45) is 3.00. The van der Waals surface area contributed by atoms with Gasteiger partial charge < -0.3 is 5.32 Å². The molecule has 1 aromatic carbocycles. The molecule has 0 spiro atoms. The Kier molecular flexibility index (Phi) is 4.47. The van der Waals surface area contributed by atoms with Gasteiger partial charge in [0.25, 0.3) is 0 Å². The molecule has 0 aliphatic carbocycles. The Hall–Kier alpha value is -1.07. The first-order valence-corrected chi connectivity index (χ1v) is 8.38. The van der Waals surface area contributed by atoms with E-state index >= 15 is 0 Å². The summed E-state index contributed by atoms with van der Waals surface area (Å²) in [5, 5.41) is 3.00. The van der Waals surface area contributed by atoms with Crippen LogP contribution >= 0.6 is 0 Å². The second kappa shape index (κ2) is 5.92. The predicted octanol–water partition coefficient (Wildman–Crippen LogP) is 1.91. The third kappa shape index (κ3) is 3.70. The fourth-order valence-electron chi connectivity index (χ4n) is 2.19. The molecule has 1 aliphatic heterocycles. The number of anilines is 1. The Morgan fingerprint density at radius 3 is 2.89 bits per heavy atom. The number of hydrogen-bond donors (Lipinski definition) is 2. The van der Waals surface area contributed by atoms with Gasteiger partial charge in [-0.3, -0.25) is 0 Å². The van der Waals surface area contributed by atoms with Crippen molar-refractivity contribution in [2.75, 3.05) is 18.4 Å². The van der Waals surface area contributed by atoms with Gasteiger partial charge in [-0.05, 0) is 50.3 Å². The Labute approximate surface area is 115 Å². The Morgan fingerprint density at radius 2 is 2.16 bits per heavy atom. The Balaban J connectivity index is 1.94. The number of hydrogen-bond acceptors (Lipinski definition) is 3.